The van der Waals surface area contributed by atoms with Crippen LogP contribution >= 0.6 is 15.9 Å². The molecule has 2 aliphatic rings. The molecule has 0 saturated heterocycles. The van der Waals surface area contributed by atoms with Crippen molar-refractivity contribution in [2.45, 2.75) is 46.0 Å². The van der Waals surface area contributed by atoms with E-state index in [1.165, 1.54) is 27.5 Å². The van der Waals surface area contributed by atoms with E-state index in [0.29, 0.717) is 5.75 Å². The number of hydrogen-bond donors (Lipinski definition) is 1. The molecule has 24 heavy (non-hydrogen) atoms. The number of benzene rings is 2. The number of halogens is 1. The zero-order valence-corrected chi connectivity index (χ0v) is 16.3. The van der Waals surface area contributed by atoms with Crippen LogP contribution in [0.5, 0.6) is 5.75 Å². The molecule has 0 heterocycles. The lowest BCUT2D eigenvalue weighted by Crippen LogP contribution is -2.27. The standard InChI is InChI=1S/C22H23BrO/c1-21(2)8-7-15-14(11-21)12-22(3,4)20-16(15)6-5-13-9-18(23)19(24)10-17(13)20/h5-10,24H,11-12H2,1-4H3. The molecule has 1 nitrogen and oxygen atoms in total. The molecule has 2 aromatic carbocycles. The van der Waals surface area contributed by atoms with Crippen LogP contribution in [0.15, 0.2) is 46.5 Å². The summed E-state index contributed by atoms with van der Waals surface area (Å²) in [5, 5.41) is 12.6. The Hall–Kier alpha value is -1.54. The number of phenolic OH excluding ortho intramolecular Hbond substituents is 1. The Kier molecular flexibility index (Phi) is 3.31. The maximum atomic E-state index is 10.2. The third kappa shape index (κ3) is 2.35. The van der Waals surface area contributed by atoms with Crippen molar-refractivity contribution in [3.63, 3.8) is 0 Å². The lowest BCUT2D eigenvalue weighted by atomic mass is 9.64. The number of aromatic hydroxyl groups is 1. The summed E-state index contributed by atoms with van der Waals surface area (Å²) in [4.78, 5) is 0. The largest absolute Gasteiger partial charge is 0.507 e. The average molecular weight is 383 g/mol. The molecule has 0 fully saturated rings. The molecule has 2 aromatic rings. The van der Waals surface area contributed by atoms with E-state index in [0.717, 1.165) is 17.3 Å². The summed E-state index contributed by atoms with van der Waals surface area (Å²) in [6, 6.07) is 8.38. The Morgan fingerprint density at radius 2 is 1.79 bits per heavy atom. The van der Waals surface area contributed by atoms with Gasteiger partial charge in [0, 0.05) is 0 Å². The second kappa shape index (κ2) is 4.98. The molecule has 124 valence electrons. The van der Waals surface area contributed by atoms with E-state index < -0.39 is 0 Å². The van der Waals surface area contributed by atoms with Crippen LogP contribution in [-0.4, -0.2) is 5.11 Å². The van der Waals surface area contributed by atoms with Crippen LogP contribution in [0.4, 0.5) is 0 Å². The number of rotatable bonds is 0. The zero-order chi connectivity index (χ0) is 17.3. The van der Waals surface area contributed by atoms with Gasteiger partial charge >= 0.3 is 0 Å². The van der Waals surface area contributed by atoms with Gasteiger partial charge in [0.25, 0.3) is 0 Å². The molecule has 0 aliphatic heterocycles. The molecule has 4 rings (SSSR count). The Morgan fingerprint density at radius 1 is 1.04 bits per heavy atom. The minimum atomic E-state index is 0.0647. The van der Waals surface area contributed by atoms with Crippen molar-refractivity contribution in [2.24, 2.45) is 5.41 Å². The van der Waals surface area contributed by atoms with Crippen molar-refractivity contribution in [2.75, 3.05) is 0 Å². The van der Waals surface area contributed by atoms with Gasteiger partial charge in [-0.2, -0.15) is 0 Å². The quantitative estimate of drug-likeness (QED) is 0.535. The van der Waals surface area contributed by atoms with Gasteiger partial charge in [0.05, 0.1) is 4.47 Å². The fraction of sp³-hybridized carbons (Fsp3) is 0.364. The van der Waals surface area contributed by atoms with Crippen LogP contribution in [-0.2, 0) is 5.41 Å². The second-order valence-corrected chi connectivity index (χ2v) is 9.44. The number of fused-ring (bicyclic) bond motifs is 4. The minimum Gasteiger partial charge on any atom is -0.507 e. The first-order valence-corrected chi connectivity index (χ1v) is 9.35. The average Bonchev–Trinajstić information content (AvgIpc) is 2.46. The van der Waals surface area contributed by atoms with Gasteiger partial charge < -0.3 is 5.11 Å². The highest BCUT2D eigenvalue weighted by atomic mass is 79.9. The molecule has 0 radical (unpaired) electrons. The van der Waals surface area contributed by atoms with Crippen molar-refractivity contribution in [1.82, 2.24) is 0 Å². The molecule has 1 N–H and O–H groups in total. The predicted molar refractivity (Wildman–Crippen MR) is 105 cm³/mol. The Balaban J connectivity index is 2.04. The molecule has 2 heteroatoms. The molecule has 2 aliphatic carbocycles. The van der Waals surface area contributed by atoms with E-state index in [-0.39, 0.29) is 10.8 Å². The van der Waals surface area contributed by atoms with E-state index in [4.69, 9.17) is 0 Å². The maximum Gasteiger partial charge on any atom is 0.130 e. The normalized spacial score (nSPS) is 20.9. The smallest absolute Gasteiger partial charge is 0.130 e. The third-order valence-electron chi connectivity index (χ3n) is 5.46. The van der Waals surface area contributed by atoms with Gasteiger partial charge in [0.1, 0.15) is 5.75 Å². The van der Waals surface area contributed by atoms with E-state index in [1.807, 2.05) is 12.1 Å². The molecule has 0 aromatic heterocycles. The molecule has 0 spiro atoms. The summed E-state index contributed by atoms with van der Waals surface area (Å²) in [7, 11) is 0. The Bertz CT molecular complexity index is 929. The van der Waals surface area contributed by atoms with Crippen molar-refractivity contribution >= 4 is 32.3 Å². The van der Waals surface area contributed by atoms with Gasteiger partial charge in [0.2, 0.25) is 0 Å². The van der Waals surface area contributed by atoms with Crippen molar-refractivity contribution in [3.8, 4) is 5.75 Å². The van der Waals surface area contributed by atoms with Crippen LogP contribution in [0.3, 0.4) is 0 Å². The molecular weight excluding hydrogens is 360 g/mol. The van der Waals surface area contributed by atoms with E-state index in [9.17, 15) is 5.11 Å². The number of hydrogen-bond acceptors (Lipinski definition) is 1. The summed E-state index contributed by atoms with van der Waals surface area (Å²) < 4.78 is 0.753. The monoisotopic (exact) mass is 382 g/mol. The summed E-state index contributed by atoms with van der Waals surface area (Å²) in [5.74, 6) is 0.312. The summed E-state index contributed by atoms with van der Waals surface area (Å²) in [6.45, 7) is 9.29. The van der Waals surface area contributed by atoms with Gasteiger partial charge in [-0.3, -0.25) is 0 Å². The lowest BCUT2D eigenvalue weighted by Gasteiger charge is -2.40. The van der Waals surface area contributed by atoms with E-state index in [1.54, 1.807) is 5.57 Å². The number of allylic oxidation sites excluding steroid dienone is 4. The number of phenols is 1. The minimum absolute atomic E-state index is 0.0647. The highest BCUT2D eigenvalue weighted by Gasteiger charge is 2.36. The van der Waals surface area contributed by atoms with Gasteiger partial charge in [-0.05, 0) is 79.2 Å². The molecular formula is C22H23BrO. The molecule has 0 amide bonds. The Labute approximate surface area is 152 Å². The zero-order valence-electron chi connectivity index (χ0n) is 14.7. The van der Waals surface area contributed by atoms with Crippen LogP contribution in [0.1, 0.15) is 51.7 Å². The second-order valence-electron chi connectivity index (χ2n) is 8.59. The topological polar surface area (TPSA) is 20.2 Å². The summed E-state index contributed by atoms with van der Waals surface area (Å²) in [6.07, 6.45) is 6.87. The third-order valence-corrected chi connectivity index (χ3v) is 6.10. The molecule has 0 bridgehead atoms. The van der Waals surface area contributed by atoms with Crippen molar-refractivity contribution in [3.05, 3.63) is 57.6 Å². The molecule has 0 saturated carbocycles. The lowest BCUT2D eigenvalue weighted by molar-refractivity contribution is 0.429. The SMILES string of the molecule is CC1(C)C=CC2=C(C1)CC(C)(C)c1c2ccc2cc(Br)c(O)cc12. The molecule has 0 atom stereocenters. The highest BCUT2D eigenvalue weighted by Crippen LogP contribution is 2.51. The first-order valence-electron chi connectivity index (χ1n) is 8.55. The van der Waals surface area contributed by atoms with Crippen LogP contribution < -0.4 is 0 Å². The van der Waals surface area contributed by atoms with Crippen LogP contribution in [0, 0.1) is 5.41 Å². The molecule has 0 unspecified atom stereocenters. The summed E-state index contributed by atoms with van der Waals surface area (Å²) in [5.41, 5.74) is 5.98. The van der Waals surface area contributed by atoms with Crippen LogP contribution in [0.25, 0.3) is 16.3 Å². The van der Waals surface area contributed by atoms with Gasteiger partial charge in [-0.25, -0.2) is 0 Å². The Morgan fingerprint density at radius 3 is 2.54 bits per heavy atom. The highest BCUT2D eigenvalue weighted by molar-refractivity contribution is 9.10. The van der Waals surface area contributed by atoms with Gasteiger partial charge in [-0.1, -0.05) is 57.6 Å². The maximum absolute atomic E-state index is 10.2. The fourth-order valence-corrected chi connectivity index (χ4v) is 4.84. The van der Waals surface area contributed by atoms with E-state index >= 15 is 0 Å². The van der Waals surface area contributed by atoms with Crippen molar-refractivity contribution in [1.29, 1.82) is 0 Å². The summed E-state index contributed by atoms with van der Waals surface area (Å²) >= 11 is 3.44. The van der Waals surface area contributed by atoms with Crippen LogP contribution in [0.2, 0.25) is 0 Å². The first-order chi connectivity index (χ1) is 11.2. The van der Waals surface area contributed by atoms with Gasteiger partial charge in [0.15, 0.2) is 0 Å². The predicted octanol–water partition coefficient (Wildman–Crippen LogP) is 6.73. The van der Waals surface area contributed by atoms with E-state index in [2.05, 4.69) is 67.9 Å². The van der Waals surface area contributed by atoms with Crippen molar-refractivity contribution < 1.29 is 5.11 Å². The first kappa shape index (κ1) is 16.0. The fourth-order valence-electron chi connectivity index (χ4n) is 4.48. The van der Waals surface area contributed by atoms with Gasteiger partial charge in [-0.15, -0.1) is 0 Å².